The normalized spacial score (nSPS) is 34.5. The molecule has 2 heteroatoms. The maximum Gasteiger partial charge on any atom is 0.198 e. The van der Waals surface area contributed by atoms with Crippen molar-refractivity contribution in [3.05, 3.63) is 0 Å². The molecule has 0 aromatic rings. The average molecular weight is 90.1 g/mol. The maximum absolute atomic E-state index is 11.7. The molecule has 1 saturated heterocycles. The Morgan fingerprint density at radius 3 is 2.67 bits per heavy atom. The Morgan fingerprint density at radius 2 is 2.50 bits per heavy atom. The lowest BCUT2D eigenvalue weighted by Crippen LogP contribution is -1.91. The highest BCUT2D eigenvalue weighted by Crippen LogP contribution is 2.11. The van der Waals surface area contributed by atoms with Gasteiger partial charge in [0.1, 0.15) is 0 Å². The van der Waals surface area contributed by atoms with Gasteiger partial charge in [-0.2, -0.15) is 0 Å². The molecule has 1 rings (SSSR count). The Balaban J connectivity index is 2.18. The summed E-state index contributed by atoms with van der Waals surface area (Å²) < 4.78 is 16.2. The van der Waals surface area contributed by atoms with E-state index in [1.165, 1.54) is 0 Å². The molecule has 1 nitrogen and oxygen atoms in total. The van der Waals surface area contributed by atoms with E-state index in [0.29, 0.717) is 13.0 Å². The molecule has 0 unspecified atom stereocenters. The van der Waals surface area contributed by atoms with Crippen molar-refractivity contribution in [2.24, 2.45) is 0 Å². The fraction of sp³-hybridized carbons (Fsp3) is 1.00. The smallest absolute Gasteiger partial charge is 0.198 e. The molecule has 36 valence electrons. The second-order valence-corrected chi connectivity index (χ2v) is 1.42. The number of alkyl halides is 1. The van der Waals surface area contributed by atoms with E-state index in [4.69, 9.17) is 0 Å². The van der Waals surface area contributed by atoms with Crippen LogP contribution >= 0.6 is 0 Å². The highest BCUT2D eigenvalue weighted by atomic mass is 19.1. The van der Waals surface area contributed by atoms with Crippen molar-refractivity contribution in [3.63, 3.8) is 0 Å². The molecule has 1 heterocycles. The Kier molecular flexibility index (Phi) is 1.05. The first-order chi connectivity index (χ1) is 2.89. The number of rotatable bonds is 0. The first-order valence-electron chi connectivity index (χ1n) is 2.15. The molecule has 1 aliphatic heterocycles. The molecule has 0 saturated carbocycles. The van der Waals surface area contributed by atoms with E-state index in [1.807, 2.05) is 0 Å². The molecule has 1 aliphatic rings. The maximum atomic E-state index is 11.7. The van der Waals surface area contributed by atoms with Crippen molar-refractivity contribution in [3.8, 4) is 0 Å². The van der Waals surface area contributed by atoms with Crippen LogP contribution in [0, 0.1) is 0 Å². The molecule has 0 aliphatic carbocycles. The van der Waals surface area contributed by atoms with Gasteiger partial charge in [0, 0.05) is 6.42 Å². The Bertz CT molecular complexity index is 40.8. The van der Waals surface area contributed by atoms with Crippen molar-refractivity contribution in [1.82, 2.24) is 0 Å². The highest BCUT2D eigenvalue weighted by Gasteiger charge is 2.11. The largest absolute Gasteiger partial charge is 0.348 e. The second-order valence-electron chi connectivity index (χ2n) is 1.42. The molecule has 1 atom stereocenters. The van der Waals surface area contributed by atoms with Crippen molar-refractivity contribution < 1.29 is 9.13 Å². The summed E-state index contributed by atoms with van der Waals surface area (Å²) in [4.78, 5) is 0. The predicted octanol–water partition coefficient (Wildman–Crippen LogP) is 1.09. The van der Waals surface area contributed by atoms with Crippen LogP contribution in [-0.2, 0) is 4.74 Å². The fourth-order valence-corrected chi connectivity index (χ4v) is 0.538. The van der Waals surface area contributed by atoms with Gasteiger partial charge in [-0.1, -0.05) is 0 Å². The van der Waals surface area contributed by atoms with Crippen molar-refractivity contribution in [1.29, 1.82) is 0 Å². The van der Waals surface area contributed by atoms with Crippen LogP contribution in [0.2, 0.25) is 0 Å². The van der Waals surface area contributed by atoms with Gasteiger partial charge in [0.2, 0.25) is 0 Å². The summed E-state index contributed by atoms with van der Waals surface area (Å²) in [6.45, 7) is 0.612. The number of hydrogen-bond acceptors (Lipinski definition) is 1. The van der Waals surface area contributed by atoms with Crippen LogP contribution in [-0.4, -0.2) is 13.0 Å². The first-order valence-corrected chi connectivity index (χ1v) is 2.15. The van der Waals surface area contributed by atoms with Gasteiger partial charge in [-0.15, -0.1) is 0 Å². The van der Waals surface area contributed by atoms with Gasteiger partial charge in [0.25, 0.3) is 0 Å². The van der Waals surface area contributed by atoms with E-state index < -0.39 is 6.36 Å². The Morgan fingerprint density at radius 1 is 1.67 bits per heavy atom. The number of halogens is 1. The summed E-state index contributed by atoms with van der Waals surface area (Å²) in [6.07, 6.45) is 0.534. The van der Waals surface area contributed by atoms with Gasteiger partial charge < -0.3 is 4.74 Å². The van der Waals surface area contributed by atoms with Crippen LogP contribution in [0.4, 0.5) is 4.39 Å². The molecule has 0 bridgehead atoms. The van der Waals surface area contributed by atoms with Gasteiger partial charge in [0.15, 0.2) is 6.36 Å². The summed E-state index contributed by atoms with van der Waals surface area (Å²) in [5, 5.41) is 0. The zero-order chi connectivity index (χ0) is 4.41. The van der Waals surface area contributed by atoms with Crippen LogP contribution in [0.5, 0.6) is 0 Å². The van der Waals surface area contributed by atoms with E-state index in [1.54, 1.807) is 0 Å². The molecule has 0 N–H and O–H groups in total. The van der Waals surface area contributed by atoms with Gasteiger partial charge in [0.05, 0.1) is 6.61 Å². The van der Waals surface area contributed by atoms with Crippen LogP contribution < -0.4 is 0 Å². The molecule has 0 spiro atoms. The standard InChI is InChI=1S/C4H7FO/c5-4-2-1-3-6-4/h4H,1-3H2/t4-/m1/s1. The lowest BCUT2D eigenvalue weighted by molar-refractivity contribution is 0.00946. The SMILES string of the molecule is F[C@H]1CCCO1. The van der Waals surface area contributed by atoms with Crippen molar-refractivity contribution in [2.45, 2.75) is 19.2 Å². The van der Waals surface area contributed by atoms with Crippen LogP contribution in [0.1, 0.15) is 12.8 Å². The summed E-state index contributed by atoms with van der Waals surface area (Å²) in [6, 6.07) is 0. The van der Waals surface area contributed by atoms with Gasteiger partial charge in [-0.3, -0.25) is 0 Å². The van der Waals surface area contributed by atoms with Gasteiger partial charge in [-0.05, 0) is 6.42 Å². The molecule has 0 aromatic heterocycles. The summed E-state index contributed by atoms with van der Waals surface area (Å²) in [5.41, 5.74) is 0. The quantitative estimate of drug-likeness (QED) is 0.432. The lowest BCUT2D eigenvalue weighted by atomic mass is 10.4. The minimum atomic E-state index is -0.954. The molecule has 6 heavy (non-hydrogen) atoms. The van der Waals surface area contributed by atoms with E-state index in [2.05, 4.69) is 4.74 Å². The van der Waals surface area contributed by atoms with Gasteiger partial charge in [-0.25, -0.2) is 4.39 Å². The number of hydrogen-bond donors (Lipinski definition) is 0. The predicted molar refractivity (Wildman–Crippen MR) is 20.1 cm³/mol. The fourth-order valence-electron chi connectivity index (χ4n) is 0.538. The summed E-state index contributed by atoms with van der Waals surface area (Å²) >= 11 is 0. The Labute approximate surface area is 36.1 Å². The topological polar surface area (TPSA) is 9.23 Å². The molecule has 1 fully saturated rings. The monoisotopic (exact) mass is 90.0 g/mol. The van der Waals surface area contributed by atoms with E-state index in [9.17, 15) is 4.39 Å². The lowest BCUT2D eigenvalue weighted by Gasteiger charge is -1.89. The van der Waals surface area contributed by atoms with E-state index in [-0.39, 0.29) is 0 Å². The molecular formula is C4H7FO. The van der Waals surface area contributed by atoms with Crippen LogP contribution in [0.15, 0.2) is 0 Å². The molecule has 0 aromatic carbocycles. The van der Waals surface area contributed by atoms with Crippen LogP contribution in [0.25, 0.3) is 0 Å². The van der Waals surface area contributed by atoms with Crippen molar-refractivity contribution in [2.75, 3.05) is 6.61 Å². The molecule has 0 amide bonds. The third-order valence-corrected chi connectivity index (χ3v) is 0.874. The molecular weight excluding hydrogens is 83.0 g/mol. The van der Waals surface area contributed by atoms with E-state index >= 15 is 0 Å². The third-order valence-electron chi connectivity index (χ3n) is 0.874. The van der Waals surface area contributed by atoms with Crippen LogP contribution in [0.3, 0.4) is 0 Å². The minimum Gasteiger partial charge on any atom is -0.348 e. The Hall–Kier alpha value is -0.110. The summed E-state index contributed by atoms with van der Waals surface area (Å²) in [5.74, 6) is 0. The zero-order valence-electron chi connectivity index (χ0n) is 3.48. The van der Waals surface area contributed by atoms with Crippen molar-refractivity contribution >= 4 is 0 Å². The first kappa shape index (κ1) is 4.06. The minimum absolute atomic E-state index is 0.597. The molecule has 0 radical (unpaired) electrons. The number of ether oxygens (including phenoxy) is 1. The average Bonchev–Trinajstić information content (AvgIpc) is 1.86. The third kappa shape index (κ3) is 0.684. The zero-order valence-corrected chi connectivity index (χ0v) is 3.48. The highest BCUT2D eigenvalue weighted by molar-refractivity contribution is 4.50. The van der Waals surface area contributed by atoms with E-state index in [0.717, 1.165) is 6.42 Å². The van der Waals surface area contributed by atoms with Gasteiger partial charge >= 0.3 is 0 Å². The second kappa shape index (κ2) is 1.56. The summed E-state index contributed by atoms with van der Waals surface area (Å²) in [7, 11) is 0.